The van der Waals surface area contributed by atoms with Crippen molar-refractivity contribution in [3.05, 3.63) is 25.3 Å². The summed E-state index contributed by atoms with van der Waals surface area (Å²) in [5.74, 6) is -0.976. The molecule has 0 aliphatic rings. The molecule has 2 atom stereocenters. The highest BCUT2D eigenvalue weighted by Crippen LogP contribution is 2.08. The van der Waals surface area contributed by atoms with Crippen LogP contribution in [0.1, 0.15) is 13.8 Å². The summed E-state index contributed by atoms with van der Waals surface area (Å²) in [7, 11) is 0. The number of ether oxygens (including phenoxy) is 4. The molecule has 0 saturated heterocycles. The molecule has 0 aliphatic carbocycles. The minimum Gasteiger partial charge on any atom is -0.456 e. The van der Waals surface area contributed by atoms with Crippen molar-refractivity contribution >= 4 is 11.9 Å². The van der Waals surface area contributed by atoms with E-state index in [0.29, 0.717) is 13.2 Å². The molecule has 0 fully saturated rings. The molecule has 0 bridgehead atoms. The van der Waals surface area contributed by atoms with Gasteiger partial charge in [-0.3, -0.25) is 9.59 Å². The van der Waals surface area contributed by atoms with Gasteiger partial charge in [-0.05, 0) is 0 Å². The topological polar surface area (TPSA) is 71.1 Å². The Bertz CT molecular complexity index is 294. The highest BCUT2D eigenvalue weighted by molar-refractivity contribution is 5.67. The van der Waals surface area contributed by atoms with Crippen LogP contribution in [-0.2, 0) is 28.5 Å². The quantitative estimate of drug-likeness (QED) is 0.323. The van der Waals surface area contributed by atoms with E-state index in [1.807, 2.05) is 0 Å². The van der Waals surface area contributed by atoms with Gasteiger partial charge in [0.1, 0.15) is 0 Å². The molecule has 0 rings (SSSR count). The van der Waals surface area contributed by atoms with Crippen LogP contribution in [-0.4, -0.2) is 50.6 Å². The predicted molar refractivity (Wildman–Crippen MR) is 73.1 cm³/mol. The summed E-state index contributed by atoms with van der Waals surface area (Å²) in [6, 6.07) is 0. The predicted octanol–water partition coefficient (Wildman–Crippen LogP) is 1.25. The van der Waals surface area contributed by atoms with Gasteiger partial charge < -0.3 is 18.9 Å². The molecule has 114 valence electrons. The Morgan fingerprint density at radius 3 is 1.50 bits per heavy atom. The smallest absolute Gasteiger partial charge is 0.303 e. The Labute approximate surface area is 119 Å². The molecule has 0 radical (unpaired) electrons. The van der Waals surface area contributed by atoms with Crippen molar-refractivity contribution in [2.75, 3.05) is 26.4 Å². The molecule has 0 aromatic rings. The van der Waals surface area contributed by atoms with Gasteiger partial charge in [0, 0.05) is 13.8 Å². The molecule has 0 aliphatic heterocycles. The molecule has 0 unspecified atom stereocenters. The van der Waals surface area contributed by atoms with Gasteiger partial charge in [0.25, 0.3) is 0 Å². The summed E-state index contributed by atoms with van der Waals surface area (Å²) in [5, 5.41) is 0. The zero-order chi connectivity index (χ0) is 15.4. The van der Waals surface area contributed by atoms with Crippen LogP contribution in [0.4, 0.5) is 0 Å². The Hall–Kier alpha value is -1.66. The van der Waals surface area contributed by atoms with Crippen molar-refractivity contribution in [1.82, 2.24) is 0 Å². The maximum Gasteiger partial charge on any atom is 0.303 e. The van der Waals surface area contributed by atoms with Crippen LogP contribution in [0.2, 0.25) is 0 Å². The third-order valence-corrected chi connectivity index (χ3v) is 2.08. The first-order chi connectivity index (χ1) is 9.51. The number of carbonyl (C=O) groups excluding carboxylic acids is 2. The number of rotatable bonds is 11. The second-order valence-corrected chi connectivity index (χ2v) is 3.95. The molecule has 0 saturated carbocycles. The lowest BCUT2D eigenvalue weighted by molar-refractivity contribution is -0.174. The van der Waals surface area contributed by atoms with Crippen molar-refractivity contribution in [2.45, 2.75) is 26.1 Å². The summed E-state index contributed by atoms with van der Waals surface area (Å²) in [4.78, 5) is 22.2. The summed E-state index contributed by atoms with van der Waals surface area (Å²) in [6.45, 7) is 10.4. The number of hydrogen-bond donors (Lipinski definition) is 0. The zero-order valence-corrected chi connectivity index (χ0v) is 12.0. The molecular weight excluding hydrogens is 264 g/mol. The third kappa shape index (κ3) is 9.29. The van der Waals surface area contributed by atoms with Gasteiger partial charge in [-0.2, -0.15) is 0 Å². The molecule has 6 heteroatoms. The lowest BCUT2D eigenvalue weighted by Crippen LogP contribution is -2.41. The van der Waals surface area contributed by atoms with Gasteiger partial charge in [0.15, 0.2) is 12.2 Å². The molecule has 6 nitrogen and oxygen atoms in total. The average Bonchev–Trinajstić information content (AvgIpc) is 2.36. The van der Waals surface area contributed by atoms with Gasteiger partial charge in [-0.15, -0.1) is 13.2 Å². The molecule has 20 heavy (non-hydrogen) atoms. The van der Waals surface area contributed by atoms with Crippen LogP contribution in [0, 0.1) is 0 Å². The first-order valence-electron chi connectivity index (χ1n) is 6.23. The van der Waals surface area contributed by atoms with Crippen LogP contribution in [0.3, 0.4) is 0 Å². The van der Waals surface area contributed by atoms with E-state index < -0.39 is 24.1 Å². The Kier molecular flexibility index (Phi) is 10.3. The van der Waals surface area contributed by atoms with Crippen LogP contribution in [0.25, 0.3) is 0 Å². The standard InChI is InChI=1S/C14H22O6/c1-5-7-17-9-13(19-11(3)15)14(20-12(4)16)10-18-8-6-2/h5-6,13-14H,1-2,7-10H2,3-4H3/t13-,14-/m1/s1. The van der Waals surface area contributed by atoms with Crippen LogP contribution in [0.15, 0.2) is 25.3 Å². The van der Waals surface area contributed by atoms with Gasteiger partial charge in [0.05, 0.1) is 26.4 Å². The highest BCUT2D eigenvalue weighted by Gasteiger charge is 2.27. The molecule has 0 spiro atoms. The summed E-state index contributed by atoms with van der Waals surface area (Å²) < 4.78 is 20.7. The monoisotopic (exact) mass is 286 g/mol. The number of hydrogen-bond acceptors (Lipinski definition) is 6. The van der Waals surface area contributed by atoms with Crippen molar-refractivity contribution in [1.29, 1.82) is 0 Å². The van der Waals surface area contributed by atoms with E-state index in [0.717, 1.165) is 0 Å². The molecule has 0 aromatic carbocycles. The van der Waals surface area contributed by atoms with Crippen LogP contribution < -0.4 is 0 Å². The SMILES string of the molecule is C=CCOC[C@@H](OC(C)=O)[C@@H](COCC=C)OC(C)=O. The molecular formula is C14H22O6. The Morgan fingerprint density at radius 2 is 1.25 bits per heavy atom. The third-order valence-electron chi connectivity index (χ3n) is 2.08. The van der Waals surface area contributed by atoms with E-state index in [9.17, 15) is 9.59 Å². The fourth-order valence-electron chi connectivity index (χ4n) is 1.40. The van der Waals surface area contributed by atoms with Gasteiger partial charge in [0.2, 0.25) is 0 Å². The van der Waals surface area contributed by atoms with Crippen LogP contribution in [0.5, 0.6) is 0 Å². The van der Waals surface area contributed by atoms with Crippen molar-refractivity contribution in [2.24, 2.45) is 0 Å². The van der Waals surface area contributed by atoms with E-state index in [4.69, 9.17) is 18.9 Å². The lowest BCUT2D eigenvalue weighted by Gasteiger charge is -2.25. The number of carbonyl (C=O) groups is 2. The van der Waals surface area contributed by atoms with E-state index in [1.165, 1.54) is 13.8 Å². The first-order valence-corrected chi connectivity index (χ1v) is 6.23. The largest absolute Gasteiger partial charge is 0.456 e. The maximum absolute atomic E-state index is 11.1. The second-order valence-electron chi connectivity index (χ2n) is 3.95. The van der Waals surface area contributed by atoms with Crippen LogP contribution >= 0.6 is 0 Å². The van der Waals surface area contributed by atoms with E-state index in [1.54, 1.807) is 12.2 Å². The Balaban J connectivity index is 4.65. The van der Waals surface area contributed by atoms with E-state index in [2.05, 4.69) is 13.2 Å². The zero-order valence-electron chi connectivity index (χ0n) is 12.0. The fraction of sp³-hybridized carbons (Fsp3) is 0.571. The minimum atomic E-state index is -0.735. The summed E-state index contributed by atoms with van der Waals surface area (Å²) >= 11 is 0. The number of esters is 2. The summed E-state index contributed by atoms with van der Waals surface area (Å²) in [5.41, 5.74) is 0. The molecule has 0 aromatic heterocycles. The molecule has 0 N–H and O–H groups in total. The summed E-state index contributed by atoms with van der Waals surface area (Å²) in [6.07, 6.45) is 1.67. The van der Waals surface area contributed by atoms with Gasteiger partial charge in [-0.1, -0.05) is 12.2 Å². The maximum atomic E-state index is 11.1. The van der Waals surface area contributed by atoms with Crippen molar-refractivity contribution < 1.29 is 28.5 Å². The normalized spacial score (nSPS) is 13.1. The first kappa shape index (κ1) is 18.3. The molecule has 0 amide bonds. The van der Waals surface area contributed by atoms with Gasteiger partial charge >= 0.3 is 11.9 Å². The Morgan fingerprint density at radius 1 is 0.900 bits per heavy atom. The lowest BCUT2D eigenvalue weighted by atomic mass is 10.2. The highest BCUT2D eigenvalue weighted by atomic mass is 16.6. The minimum absolute atomic E-state index is 0.0843. The molecule has 0 heterocycles. The van der Waals surface area contributed by atoms with Crippen molar-refractivity contribution in [3.8, 4) is 0 Å². The fourth-order valence-corrected chi connectivity index (χ4v) is 1.40. The van der Waals surface area contributed by atoms with Crippen molar-refractivity contribution in [3.63, 3.8) is 0 Å². The van der Waals surface area contributed by atoms with E-state index >= 15 is 0 Å². The van der Waals surface area contributed by atoms with Gasteiger partial charge in [-0.25, -0.2) is 0 Å². The second kappa shape index (κ2) is 11.2. The van der Waals surface area contributed by atoms with E-state index in [-0.39, 0.29) is 13.2 Å². The average molecular weight is 286 g/mol.